The second-order valence-corrected chi connectivity index (χ2v) is 5.32. The van der Waals surface area contributed by atoms with E-state index in [9.17, 15) is 4.79 Å². The number of nitrogens with two attached hydrogens (primary N) is 1. The van der Waals surface area contributed by atoms with Crippen LogP contribution in [0.2, 0.25) is 0 Å². The summed E-state index contributed by atoms with van der Waals surface area (Å²) in [5, 5.41) is 0. The molecule has 0 aliphatic carbocycles. The van der Waals surface area contributed by atoms with Crippen molar-refractivity contribution in [3.05, 3.63) is 0 Å². The van der Waals surface area contributed by atoms with Gasteiger partial charge in [-0.3, -0.25) is 9.69 Å². The van der Waals surface area contributed by atoms with Crippen LogP contribution < -0.4 is 5.73 Å². The van der Waals surface area contributed by atoms with E-state index in [-0.39, 0.29) is 12.5 Å². The average molecular weight is 271 g/mol. The van der Waals surface area contributed by atoms with E-state index >= 15 is 0 Å². The molecule has 2 unspecified atom stereocenters. The second-order valence-electron chi connectivity index (χ2n) is 5.32. The molecule has 0 aromatic carbocycles. The van der Waals surface area contributed by atoms with Crippen molar-refractivity contribution in [2.24, 2.45) is 5.73 Å². The highest BCUT2D eigenvalue weighted by atomic mass is 16.5. The lowest BCUT2D eigenvalue weighted by molar-refractivity contribution is -0.135. The van der Waals surface area contributed by atoms with Gasteiger partial charge in [-0.15, -0.1) is 0 Å². The third-order valence-corrected chi connectivity index (χ3v) is 3.83. The number of hydrogen-bond donors (Lipinski definition) is 1. The molecule has 2 rings (SSSR count). The third-order valence-electron chi connectivity index (χ3n) is 3.83. The van der Waals surface area contributed by atoms with Crippen molar-refractivity contribution in [1.82, 2.24) is 9.80 Å². The monoisotopic (exact) mass is 271 g/mol. The zero-order chi connectivity index (χ0) is 13.7. The minimum atomic E-state index is -0.533. The molecule has 1 amide bonds. The number of ether oxygens (including phenoxy) is 2. The van der Waals surface area contributed by atoms with Gasteiger partial charge in [-0.05, 0) is 12.8 Å². The largest absolute Gasteiger partial charge is 0.383 e. The molecule has 2 fully saturated rings. The molecule has 0 saturated carbocycles. The summed E-state index contributed by atoms with van der Waals surface area (Å²) >= 11 is 0. The maximum Gasteiger partial charge on any atom is 0.241 e. The molecule has 0 aromatic heterocycles. The molecule has 6 nitrogen and oxygen atoms in total. The average Bonchev–Trinajstić information content (AvgIpc) is 2.92. The quantitative estimate of drug-likeness (QED) is 0.715. The molecule has 6 heteroatoms. The van der Waals surface area contributed by atoms with Crippen LogP contribution in [-0.4, -0.2) is 80.9 Å². The van der Waals surface area contributed by atoms with Gasteiger partial charge in [-0.1, -0.05) is 0 Å². The van der Waals surface area contributed by atoms with Gasteiger partial charge in [0.25, 0.3) is 0 Å². The molecule has 2 aliphatic rings. The Bertz CT molecular complexity index is 287. The summed E-state index contributed by atoms with van der Waals surface area (Å²) in [7, 11) is 1.56. The van der Waals surface area contributed by atoms with Gasteiger partial charge >= 0.3 is 0 Å². The van der Waals surface area contributed by atoms with E-state index in [1.165, 1.54) is 6.42 Å². The summed E-state index contributed by atoms with van der Waals surface area (Å²) in [5.41, 5.74) is 5.78. The molecule has 2 saturated heterocycles. The molecule has 19 heavy (non-hydrogen) atoms. The Kier molecular flexibility index (Phi) is 5.57. The lowest BCUT2D eigenvalue weighted by atomic mass is 10.2. The maximum absolute atomic E-state index is 12.0. The smallest absolute Gasteiger partial charge is 0.241 e. The van der Waals surface area contributed by atoms with E-state index in [0.29, 0.717) is 6.10 Å². The molecule has 2 atom stereocenters. The first-order valence-corrected chi connectivity index (χ1v) is 7.08. The molecule has 0 spiro atoms. The topological polar surface area (TPSA) is 68.0 Å². The Morgan fingerprint density at radius 2 is 2.16 bits per heavy atom. The number of hydrogen-bond acceptors (Lipinski definition) is 5. The molecule has 110 valence electrons. The van der Waals surface area contributed by atoms with E-state index in [1.807, 2.05) is 4.90 Å². The molecule has 0 aromatic rings. The first kappa shape index (κ1) is 14.7. The zero-order valence-electron chi connectivity index (χ0n) is 11.7. The van der Waals surface area contributed by atoms with Gasteiger partial charge in [0.2, 0.25) is 5.91 Å². The minimum absolute atomic E-state index is 0.00128. The number of amides is 1. The Labute approximate surface area is 114 Å². The summed E-state index contributed by atoms with van der Waals surface area (Å²) in [6.07, 6.45) is 2.73. The van der Waals surface area contributed by atoms with Crippen LogP contribution in [0.15, 0.2) is 0 Å². The SMILES string of the molecule is COCC(N)C(=O)N1CCN(CC2CCCO2)CC1. The van der Waals surface area contributed by atoms with E-state index < -0.39 is 6.04 Å². The van der Waals surface area contributed by atoms with Gasteiger partial charge in [0.1, 0.15) is 6.04 Å². The molecular formula is C13H25N3O3. The fourth-order valence-electron chi connectivity index (χ4n) is 2.71. The summed E-state index contributed by atoms with van der Waals surface area (Å²) in [6, 6.07) is -0.533. The number of carbonyl (C=O) groups excluding carboxylic acids is 1. The van der Waals surface area contributed by atoms with Crippen LogP contribution in [0.5, 0.6) is 0 Å². The Morgan fingerprint density at radius 3 is 2.74 bits per heavy atom. The predicted octanol–water partition coefficient (Wildman–Crippen LogP) is -0.717. The molecule has 0 bridgehead atoms. The first-order chi connectivity index (χ1) is 9.20. The van der Waals surface area contributed by atoms with Crippen LogP contribution in [0.4, 0.5) is 0 Å². The van der Waals surface area contributed by atoms with Crippen molar-refractivity contribution in [1.29, 1.82) is 0 Å². The van der Waals surface area contributed by atoms with E-state index in [2.05, 4.69) is 4.90 Å². The molecule has 0 radical (unpaired) electrons. The lowest BCUT2D eigenvalue weighted by Crippen LogP contribution is -2.54. The van der Waals surface area contributed by atoms with Crippen molar-refractivity contribution >= 4 is 5.91 Å². The van der Waals surface area contributed by atoms with Crippen molar-refractivity contribution in [2.45, 2.75) is 25.0 Å². The number of nitrogens with zero attached hydrogens (tertiary/aromatic N) is 2. The molecule has 2 N–H and O–H groups in total. The standard InChI is InChI=1S/C13H25N3O3/c1-18-10-12(14)13(17)16-6-4-15(5-7-16)9-11-3-2-8-19-11/h11-12H,2-10,14H2,1H3. The number of rotatable bonds is 5. The summed E-state index contributed by atoms with van der Waals surface area (Å²) in [6.45, 7) is 5.50. The van der Waals surface area contributed by atoms with Crippen LogP contribution in [0.3, 0.4) is 0 Å². The fourth-order valence-corrected chi connectivity index (χ4v) is 2.71. The highest BCUT2D eigenvalue weighted by molar-refractivity contribution is 5.81. The number of piperazine rings is 1. The highest BCUT2D eigenvalue weighted by Crippen LogP contribution is 2.14. The van der Waals surface area contributed by atoms with Gasteiger partial charge < -0.3 is 20.1 Å². The highest BCUT2D eigenvalue weighted by Gasteiger charge is 2.27. The van der Waals surface area contributed by atoms with Crippen molar-refractivity contribution in [3.8, 4) is 0 Å². The van der Waals surface area contributed by atoms with E-state index in [0.717, 1.165) is 45.8 Å². The van der Waals surface area contributed by atoms with E-state index in [1.54, 1.807) is 7.11 Å². The minimum Gasteiger partial charge on any atom is -0.383 e. The van der Waals surface area contributed by atoms with Gasteiger partial charge in [0, 0.05) is 46.4 Å². The van der Waals surface area contributed by atoms with Crippen LogP contribution >= 0.6 is 0 Å². The molecule has 2 aliphatic heterocycles. The van der Waals surface area contributed by atoms with Crippen LogP contribution in [0, 0.1) is 0 Å². The van der Waals surface area contributed by atoms with Gasteiger partial charge in [-0.25, -0.2) is 0 Å². The van der Waals surface area contributed by atoms with Crippen LogP contribution in [0.25, 0.3) is 0 Å². The van der Waals surface area contributed by atoms with Crippen molar-refractivity contribution in [3.63, 3.8) is 0 Å². The summed E-state index contributed by atoms with van der Waals surface area (Å²) < 4.78 is 10.6. The summed E-state index contributed by atoms with van der Waals surface area (Å²) in [4.78, 5) is 16.2. The second kappa shape index (κ2) is 7.19. The maximum atomic E-state index is 12.0. The predicted molar refractivity (Wildman–Crippen MR) is 71.8 cm³/mol. The Hall–Kier alpha value is -0.690. The van der Waals surface area contributed by atoms with Crippen LogP contribution in [-0.2, 0) is 14.3 Å². The lowest BCUT2D eigenvalue weighted by Gasteiger charge is -2.36. The zero-order valence-corrected chi connectivity index (χ0v) is 11.7. The third kappa shape index (κ3) is 4.14. The number of carbonyl (C=O) groups is 1. The van der Waals surface area contributed by atoms with Crippen LogP contribution in [0.1, 0.15) is 12.8 Å². The van der Waals surface area contributed by atoms with Crippen molar-refractivity contribution in [2.75, 3.05) is 53.0 Å². The fraction of sp³-hybridized carbons (Fsp3) is 0.923. The molecular weight excluding hydrogens is 246 g/mol. The van der Waals surface area contributed by atoms with Crippen molar-refractivity contribution < 1.29 is 14.3 Å². The van der Waals surface area contributed by atoms with Gasteiger partial charge in [-0.2, -0.15) is 0 Å². The summed E-state index contributed by atoms with van der Waals surface area (Å²) in [5.74, 6) is -0.00128. The normalized spacial score (nSPS) is 26.6. The Balaban J connectivity index is 1.70. The number of methoxy groups -OCH3 is 1. The Morgan fingerprint density at radius 1 is 1.42 bits per heavy atom. The van der Waals surface area contributed by atoms with Gasteiger partial charge in [0.05, 0.1) is 12.7 Å². The molecule has 2 heterocycles. The van der Waals surface area contributed by atoms with E-state index in [4.69, 9.17) is 15.2 Å². The van der Waals surface area contributed by atoms with Gasteiger partial charge in [0.15, 0.2) is 0 Å². The first-order valence-electron chi connectivity index (χ1n) is 7.08.